The van der Waals surface area contributed by atoms with Crippen LogP contribution in [0.5, 0.6) is 0 Å². The first-order valence-electron chi connectivity index (χ1n) is 5.72. The van der Waals surface area contributed by atoms with Crippen molar-refractivity contribution in [3.8, 4) is 11.4 Å². The third kappa shape index (κ3) is 3.23. The second kappa shape index (κ2) is 5.39. The molecule has 3 nitrogen and oxygen atoms in total. The monoisotopic (exact) mass is 320 g/mol. The molecular weight excluding hydrogens is 314 g/mol. The lowest BCUT2D eigenvalue weighted by Crippen LogP contribution is -2.27. The molecule has 0 spiro atoms. The van der Waals surface area contributed by atoms with E-state index in [4.69, 9.17) is 0 Å². The number of halogens is 6. The van der Waals surface area contributed by atoms with E-state index in [2.05, 4.69) is 9.97 Å². The summed E-state index contributed by atoms with van der Waals surface area (Å²) in [4.78, 5) is 17.6. The predicted octanol–water partition coefficient (Wildman–Crippen LogP) is 3.91. The van der Waals surface area contributed by atoms with Gasteiger partial charge in [-0.2, -0.15) is 26.3 Å². The van der Waals surface area contributed by atoms with E-state index in [0.29, 0.717) is 0 Å². The minimum Gasteiger partial charge on any atom is -0.284 e. The molecule has 0 aliphatic heterocycles. The van der Waals surface area contributed by atoms with Crippen molar-refractivity contribution in [2.45, 2.75) is 12.4 Å². The Morgan fingerprint density at radius 1 is 0.955 bits per heavy atom. The third-order valence-electron chi connectivity index (χ3n) is 2.59. The number of benzene rings is 1. The molecule has 9 heteroatoms. The summed E-state index contributed by atoms with van der Waals surface area (Å²) in [6.07, 6.45) is -10.4. The van der Waals surface area contributed by atoms with Crippen molar-refractivity contribution < 1.29 is 31.1 Å². The highest BCUT2D eigenvalue weighted by molar-refractivity contribution is 6.01. The van der Waals surface area contributed by atoms with Gasteiger partial charge < -0.3 is 0 Å². The molecule has 0 radical (unpaired) electrons. The summed E-state index contributed by atoms with van der Waals surface area (Å²) in [6.45, 7) is 0. The maximum atomic E-state index is 12.9. The Morgan fingerprint density at radius 3 is 2.05 bits per heavy atom. The van der Waals surface area contributed by atoms with Gasteiger partial charge in [0.25, 0.3) is 5.78 Å². The van der Waals surface area contributed by atoms with Gasteiger partial charge >= 0.3 is 12.4 Å². The van der Waals surface area contributed by atoms with Crippen molar-refractivity contribution in [1.29, 1.82) is 0 Å². The van der Waals surface area contributed by atoms with Gasteiger partial charge in [0.1, 0.15) is 0 Å². The van der Waals surface area contributed by atoms with E-state index in [1.54, 1.807) is 6.07 Å². The van der Waals surface area contributed by atoms with Crippen LogP contribution in [0.1, 0.15) is 16.1 Å². The van der Waals surface area contributed by atoms with Crippen molar-refractivity contribution in [3.05, 3.63) is 47.8 Å². The Kier molecular flexibility index (Phi) is 3.90. The standard InChI is InChI=1S/C13H6F6N2O/c14-12(15,16)9-8(10(22)13(17,18)19)6-20-11(21-9)7-4-2-1-3-5-7/h1-6H. The highest BCUT2D eigenvalue weighted by Crippen LogP contribution is 2.34. The minimum atomic E-state index is -5.45. The molecule has 1 heterocycles. The van der Waals surface area contributed by atoms with Crippen LogP contribution >= 0.6 is 0 Å². The molecule has 22 heavy (non-hydrogen) atoms. The van der Waals surface area contributed by atoms with Gasteiger partial charge in [-0.1, -0.05) is 30.3 Å². The van der Waals surface area contributed by atoms with Crippen molar-refractivity contribution in [2.75, 3.05) is 0 Å². The topological polar surface area (TPSA) is 42.9 Å². The van der Waals surface area contributed by atoms with Crippen molar-refractivity contribution in [3.63, 3.8) is 0 Å². The molecule has 0 atom stereocenters. The van der Waals surface area contributed by atoms with Gasteiger partial charge in [0.2, 0.25) is 0 Å². The molecular formula is C13H6F6N2O. The maximum absolute atomic E-state index is 12.9. The number of hydrogen-bond acceptors (Lipinski definition) is 3. The van der Waals surface area contributed by atoms with Gasteiger partial charge in [-0.25, -0.2) is 9.97 Å². The van der Waals surface area contributed by atoms with E-state index in [1.807, 2.05) is 0 Å². The highest BCUT2D eigenvalue weighted by atomic mass is 19.4. The van der Waals surface area contributed by atoms with Gasteiger partial charge in [-0.3, -0.25) is 4.79 Å². The van der Waals surface area contributed by atoms with E-state index in [0.717, 1.165) is 0 Å². The van der Waals surface area contributed by atoms with Crippen molar-refractivity contribution >= 4 is 5.78 Å². The molecule has 0 unspecified atom stereocenters. The van der Waals surface area contributed by atoms with E-state index in [-0.39, 0.29) is 11.8 Å². The summed E-state index contributed by atoms with van der Waals surface area (Å²) < 4.78 is 75.7. The molecule has 0 fully saturated rings. The molecule has 1 aromatic carbocycles. The van der Waals surface area contributed by atoms with Crippen LogP contribution in [0.4, 0.5) is 26.3 Å². The summed E-state index contributed by atoms with van der Waals surface area (Å²) in [5.41, 5.74) is -3.36. The first kappa shape index (κ1) is 15.9. The summed E-state index contributed by atoms with van der Waals surface area (Å²) in [7, 11) is 0. The lowest BCUT2D eigenvalue weighted by molar-refractivity contribution is -0.142. The van der Waals surface area contributed by atoms with Gasteiger partial charge in [0, 0.05) is 11.8 Å². The number of nitrogens with zero attached hydrogens (tertiary/aromatic N) is 2. The van der Waals surface area contributed by atoms with Crippen LogP contribution in [0, 0.1) is 0 Å². The Labute approximate surface area is 119 Å². The molecule has 116 valence electrons. The molecule has 0 aliphatic rings. The lowest BCUT2D eigenvalue weighted by Gasteiger charge is -2.13. The molecule has 0 aliphatic carbocycles. The Hall–Kier alpha value is -2.45. The smallest absolute Gasteiger partial charge is 0.284 e. The predicted molar refractivity (Wildman–Crippen MR) is 62.9 cm³/mol. The molecule has 0 saturated heterocycles. The maximum Gasteiger partial charge on any atom is 0.455 e. The highest BCUT2D eigenvalue weighted by Gasteiger charge is 2.46. The first-order valence-corrected chi connectivity index (χ1v) is 5.72. The molecule has 0 amide bonds. The number of aromatic nitrogens is 2. The van der Waals surface area contributed by atoms with Crippen molar-refractivity contribution in [2.24, 2.45) is 0 Å². The molecule has 0 saturated carbocycles. The van der Waals surface area contributed by atoms with Crippen molar-refractivity contribution in [1.82, 2.24) is 9.97 Å². The van der Waals surface area contributed by atoms with Crippen LogP contribution < -0.4 is 0 Å². The summed E-state index contributed by atoms with van der Waals surface area (Å²) >= 11 is 0. The largest absolute Gasteiger partial charge is 0.455 e. The van der Waals surface area contributed by atoms with Crippen LogP contribution in [0.2, 0.25) is 0 Å². The zero-order valence-electron chi connectivity index (χ0n) is 10.5. The fraction of sp³-hybridized carbons (Fsp3) is 0.154. The van der Waals surface area contributed by atoms with E-state index in [9.17, 15) is 31.1 Å². The Morgan fingerprint density at radius 2 is 1.55 bits per heavy atom. The normalized spacial score (nSPS) is 12.3. The lowest BCUT2D eigenvalue weighted by atomic mass is 10.1. The summed E-state index contributed by atoms with van der Waals surface area (Å²) in [5, 5.41) is 0. The average molecular weight is 320 g/mol. The summed E-state index contributed by atoms with van der Waals surface area (Å²) in [6, 6.07) is 7.37. The van der Waals surface area contributed by atoms with Crippen LogP contribution in [0.3, 0.4) is 0 Å². The number of carbonyl (C=O) groups is 1. The van der Waals surface area contributed by atoms with Gasteiger partial charge in [0.15, 0.2) is 11.5 Å². The van der Waals surface area contributed by atoms with E-state index in [1.165, 1.54) is 24.3 Å². The zero-order chi connectivity index (χ0) is 16.5. The fourth-order valence-electron chi connectivity index (χ4n) is 1.64. The van der Waals surface area contributed by atoms with Gasteiger partial charge in [-0.05, 0) is 0 Å². The van der Waals surface area contributed by atoms with Gasteiger partial charge in [0.05, 0.1) is 5.56 Å². The number of alkyl halides is 6. The molecule has 2 rings (SSSR count). The number of ketones is 1. The second-order valence-corrected chi connectivity index (χ2v) is 4.15. The molecule has 0 bridgehead atoms. The van der Waals surface area contributed by atoms with E-state index >= 15 is 0 Å². The Bertz CT molecular complexity index is 694. The van der Waals surface area contributed by atoms with Crippen LogP contribution in [0.15, 0.2) is 36.5 Å². The third-order valence-corrected chi connectivity index (χ3v) is 2.59. The zero-order valence-corrected chi connectivity index (χ0v) is 10.5. The van der Waals surface area contributed by atoms with E-state index < -0.39 is 35.2 Å². The van der Waals surface area contributed by atoms with Crippen LogP contribution in [0.25, 0.3) is 11.4 Å². The second-order valence-electron chi connectivity index (χ2n) is 4.15. The number of hydrogen-bond donors (Lipinski definition) is 0. The molecule has 2 aromatic rings. The molecule has 1 aromatic heterocycles. The quantitative estimate of drug-likeness (QED) is 0.622. The Balaban J connectivity index is 2.61. The number of rotatable bonds is 2. The summed E-state index contributed by atoms with van der Waals surface area (Å²) in [5.74, 6) is -3.06. The van der Waals surface area contributed by atoms with Crippen LogP contribution in [-0.2, 0) is 6.18 Å². The fourth-order valence-corrected chi connectivity index (χ4v) is 1.64. The minimum absolute atomic E-state index is 0.180. The molecule has 0 N–H and O–H groups in total. The van der Waals surface area contributed by atoms with Gasteiger partial charge in [-0.15, -0.1) is 0 Å². The number of Topliss-reactive ketones (excluding diaryl/α,β-unsaturated/α-hetero) is 1. The average Bonchev–Trinajstić information content (AvgIpc) is 2.45. The number of carbonyl (C=O) groups excluding carboxylic acids is 1. The SMILES string of the molecule is O=C(c1cnc(-c2ccccc2)nc1C(F)(F)F)C(F)(F)F. The van der Waals surface area contributed by atoms with Crippen LogP contribution in [-0.4, -0.2) is 21.9 Å². The first-order chi connectivity index (χ1) is 10.1.